The molecular weight excluding hydrogens is 294 g/mol. The maximum absolute atomic E-state index is 12.0. The third-order valence-electron chi connectivity index (χ3n) is 2.75. The number of carboxylic acid groups (broad SMARTS) is 2. The van der Waals surface area contributed by atoms with E-state index in [0.29, 0.717) is 0 Å². The van der Waals surface area contributed by atoms with E-state index in [1.165, 1.54) is 6.92 Å². The van der Waals surface area contributed by atoms with Gasteiger partial charge in [-0.1, -0.05) is 13.8 Å². The van der Waals surface area contributed by atoms with Crippen LogP contribution in [0.15, 0.2) is 0 Å². The molecule has 3 unspecified atom stereocenters. The monoisotopic (exact) mass is 317 g/mol. The summed E-state index contributed by atoms with van der Waals surface area (Å²) in [5, 5.41) is 22.3. The van der Waals surface area contributed by atoms with Crippen LogP contribution in [0.25, 0.3) is 0 Å². The van der Waals surface area contributed by atoms with E-state index >= 15 is 0 Å². The highest BCUT2D eigenvalue weighted by atomic mass is 16.4. The van der Waals surface area contributed by atoms with Crippen molar-refractivity contribution in [2.45, 2.75) is 51.7 Å². The van der Waals surface area contributed by atoms with Crippen molar-refractivity contribution in [2.24, 2.45) is 11.7 Å². The van der Waals surface area contributed by atoms with Crippen LogP contribution in [-0.4, -0.2) is 52.1 Å². The first-order valence-electron chi connectivity index (χ1n) is 6.85. The Morgan fingerprint density at radius 2 is 1.45 bits per heavy atom. The normalized spacial score (nSPS) is 14.8. The predicted molar refractivity (Wildman–Crippen MR) is 76.9 cm³/mol. The van der Waals surface area contributed by atoms with Gasteiger partial charge < -0.3 is 26.6 Å². The summed E-state index contributed by atoms with van der Waals surface area (Å²) in [6, 6.07) is -3.46. The lowest BCUT2D eigenvalue weighted by Gasteiger charge is -2.22. The molecule has 2 amide bonds. The maximum atomic E-state index is 12.0. The zero-order valence-corrected chi connectivity index (χ0v) is 12.8. The number of carboxylic acids is 2. The fourth-order valence-electron chi connectivity index (χ4n) is 1.65. The summed E-state index contributed by atoms with van der Waals surface area (Å²) in [6.45, 7) is 4.95. The second kappa shape index (κ2) is 8.98. The van der Waals surface area contributed by atoms with Crippen LogP contribution in [0.5, 0.6) is 0 Å². The van der Waals surface area contributed by atoms with Gasteiger partial charge in [0.2, 0.25) is 11.8 Å². The molecule has 0 spiro atoms. The summed E-state index contributed by atoms with van der Waals surface area (Å²) in [5.41, 5.74) is 5.35. The van der Waals surface area contributed by atoms with Crippen molar-refractivity contribution in [3.63, 3.8) is 0 Å². The zero-order valence-electron chi connectivity index (χ0n) is 12.8. The average molecular weight is 317 g/mol. The van der Waals surface area contributed by atoms with Crippen molar-refractivity contribution < 1.29 is 29.4 Å². The number of amides is 2. The molecule has 0 rings (SSSR count). The molecule has 0 aromatic carbocycles. The molecule has 9 heteroatoms. The van der Waals surface area contributed by atoms with Crippen molar-refractivity contribution in [2.75, 3.05) is 0 Å². The number of carbonyl (C=O) groups excluding carboxylic acids is 2. The van der Waals surface area contributed by atoms with Crippen LogP contribution in [0.1, 0.15) is 33.6 Å². The molecule has 0 aromatic heterocycles. The molecule has 0 saturated heterocycles. The molecule has 9 nitrogen and oxygen atoms in total. The number of hydrogen-bond acceptors (Lipinski definition) is 5. The van der Waals surface area contributed by atoms with E-state index < -0.39 is 48.3 Å². The molecule has 0 aliphatic rings. The van der Waals surface area contributed by atoms with E-state index in [1.54, 1.807) is 13.8 Å². The van der Waals surface area contributed by atoms with E-state index in [1.807, 2.05) is 0 Å². The smallest absolute Gasteiger partial charge is 0.326 e. The molecule has 126 valence electrons. The Balaban J connectivity index is 4.96. The van der Waals surface area contributed by atoms with Gasteiger partial charge in [-0.05, 0) is 19.3 Å². The SMILES string of the molecule is CC(C)CC(NC(=O)C(CC(=O)O)NC(=O)C(C)N)C(=O)O. The Kier molecular flexibility index (Phi) is 8.10. The number of hydrogen-bond donors (Lipinski definition) is 5. The molecular formula is C13H23N3O6. The molecule has 0 aliphatic heterocycles. The molecule has 0 radical (unpaired) electrons. The fourth-order valence-corrected chi connectivity index (χ4v) is 1.65. The third-order valence-corrected chi connectivity index (χ3v) is 2.75. The highest BCUT2D eigenvalue weighted by Gasteiger charge is 2.29. The third kappa shape index (κ3) is 7.58. The molecule has 0 bridgehead atoms. The first-order chi connectivity index (χ1) is 10.0. The minimum Gasteiger partial charge on any atom is -0.481 e. The summed E-state index contributed by atoms with van der Waals surface area (Å²) >= 11 is 0. The molecule has 22 heavy (non-hydrogen) atoms. The Morgan fingerprint density at radius 3 is 1.82 bits per heavy atom. The Morgan fingerprint density at radius 1 is 0.955 bits per heavy atom. The summed E-state index contributed by atoms with van der Waals surface area (Å²) in [5.74, 6) is -4.09. The van der Waals surface area contributed by atoms with Crippen molar-refractivity contribution in [1.82, 2.24) is 10.6 Å². The van der Waals surface area contributed by atoms with Gasteiger partial charge >= 0.3 is 11.9 Å². The second-order valence-electron chi connectivity index (χ2n) is 5.48. The van der Waals surface area contributed by atoms with Crippen molar-refractivity contribution in [3.05, 3.63) is 0 Å². The van der Waals surface area contributed by atoms with E-state index in [0.717, 1.165) is 0 Å². The van der Waals surface area contributed by atoms with E-state index in [2.05, 4.69) is 10.6 Å². The van der Waals surface area contributed by atoms with Crippen LogP contribution in [0, 0.1) is 5.92 Å². The number of rotatable bonds is 9. The minimum atomic E-state index is -1.38. The highest BCUT2D eigenvalue weighted by molar-refractivity contribution is 5.93. The first-order valence-corrected chi connectivity index (χ1v) is 6.85. The standard InChI is InChI=1S/C13H23N3O6/c1-6(2)4-9(13(21)22)16-12(20)8(5-10(17)18)15-11(19)7(3)14/h6-9H,4-5,14H2,1-3H3,(H,15,19)(H,16,20)(H,17,18)(H,21,22). The van der Waals surface area contributed by atoms with Crippen LogP contribution in [0.2, 0.25) is 0 Å². The lowest BCUT2D eigenvalue weighted by atomic mass is 10.0. The molecule has 3 atom stereocenters. The quantitative estimate of drug-likeness (QED) is 0.361. The minimum absolute atomic E-state index is 0.0120. The molecule has 0 aromatic rings. The van der Waals surface area contributed by atoms with Gasteiger partial charge in [0.05, 0.1) is 12.5 Å². The van der Waals surface area contributed by atoms with Gasteiger partial charge in [-0.15, -0.1) is 0 Å². The second-order valence-corrected chi connectivity index (χ2v) is 5.48. The molecule has 0 heterocycles. The number of nitrogens with two attached hydrogens (primary N) is 1. The van der Waals surface area contributed by atoms with E-state index in [4.69, 9.17) is 15.9 Å². The molecule has 0 fully saturated rings. The topological polar surface area (TPSA) is 159 Å². The van der Waals surface area contributed by atoms with Crippen LogP contribution in [-0.2, 0) is 19.2 Å². The van der Waals surface area contributed by atoms with Crippen LogP contribution in [0.4, 0.5) is 0 Å². The van der Waals surface area contributed by atoms with Crippen LogP contribution in [0.3, 0.4) is 0 Å². The van der Waals surface area contributed by atoms with Gasteiger partial charge in [0, 0.05) is 0 Å². The molecule has 0 aliphatic carbocycles. The van der Waals surface area contributed by atoms with E-state index in [9.17, 15) is 19.2 Å². The van der Waals surface area contributed by atoms with Gasteiger partial charge in [0.25, 0.3) is 0 Å². The lowest BCUT2D eigenvalue weighted by Crippen LogP contribution is -2.54. The average Bonchev–Trinajstić information content (AvgIpc) is 2.35. The predicted octanol–water partition coefficient (Wildman–Crippen LogP) is -1.09. The Hall–Kier alpha value is -2.16. The summed E-state index contributed by atoms with van der Waals surface area (Å²) in [6.07, 6.45) is -0.486. The summed E-state index contributed by atoms with van der Waals surface area (Å²) < 4.78 is 0. The number of aliphatic carboxylic acids is 2. The number of carbonyl (C=O) groups is 4. The maximum Gasteiger partial charge on any atom is 0.326 e. The number of nitrogens with one attached hydrogen (secondary N) is 2. The summed E-state index contributed by atoms with van der Waals surface area (Å²) in [4.78, 5) is 45.4. The molecule has 0 saturated carbocycles. The van der Waals surface area contributed by atoms with Crippen molar-refractivity contribution in [1.29, 1.82) is 0 Å². The van der Waals surface area contributed by atoms with Crippen molar-refractivity contribution in [3.8, 4) is 0 Å². The van der Waals surface area contributed by atoms with Crippen LogP contribution < -0.4 is 16.4 Å². The Labute approximate surface area is 128 Å². The van der Waals surface area contributed by atoms with Gasteiger partial charge in [-0.2, -0.15) is 0 Å². The lowest BCUT2D eigenvalue weighted by molar-refractivity contribution is -0.143. The van der Waals surface area contributed by atoms with Gasteiger partial charge in [0.1, 0.15) is 12.1 Å². The van der Waals surface area contributed by atoms with Gasteiger partial charge in [-0.3, -0.25) is 14.4 Å². The Bertz CT molecular complexity index is 435. The zero-order chi connectivity index (χ0) is 17.4. The summed E-state index contributed by atoms with van der Waals surface area (Å²) in [7, 11) is 0. The first kappa shape index (κ1) is 19.8. The van der Waals surface area contributed by atoms with Crippen LogP contribution >= 0.6 is 0 Å². The fraction of sp³-hybridized carbons (Fsp3) is 0.692. The largest absolute Gasteiger partial charge is 0.481 e. The van der Waals surface area contributed by atoms with Gasteiger partial charge in [0.15, 0.2) is 0 Å². The van der Waals surface area contributed by atoms with Crippen molar-refractivity contribution >= 4 is 23.8 Å². The van der Waals surface area contributed by atoms with Gasteiger partial charge in [-0.25, -0.2) is 4.79 Å². The highest BCUT2D eigenvalue weighted by Crippen LogP contribution is 2.06. The van der Waals surface area contributed by atoms with E-state index in [-0.39, 0.29) is 12.3 Å². The molecule has 6 N–H and O–H groups in total.